The number of hydrogen-bond donors (Lipinski definition) is 2. The number of anilines is 1. The van der Waals surface area contributed by atoms with Crippen LogP contribution in [-0.4, -0.2) is 41.7 Å². The Hall–Kier alpha value is -2.24. The average molecular weight is 334 g/mol. The molecular weight excluding hydrogens is 308 g/mol. The van der Waals surface area contributed by atoms with Gasteiger partial charge in [-0.2, -0.15) is 0 Å². The number of rotatable bonds is 6. The van der Waals surface area contributed by atoms with Crippen LogP contribution in [0.15, 0.2) is 24.3 Å². The molecule has 1 heterocycles. The van der Waals surface area contributed by atoms with Gasteiger partial charge in [-0.3, -0.25) is 4.79 Å². The third-order valence-corrected chi connectivity index (χ3v) is 4.11. The van der Waals surface area contributed by atoms with Crippen molar-refractivity contribution in [3.63, 3.8) is 0 Å². The fourth-order valence-corrected chi connectivity index (χ4v) is 2.64. The minimum Gasteiger partial charge on any atom is -0.494 e. The van der Waals surface area contributed by atoms with E-state index in [0.717, 1.165) is 12.2 Å². The third-order valence-electron chi connectivity index (χ3n) is 4.11. The van der Waals surface area contributed by atoms with E-state index in [1.807, 2.05) is 12.1 Å². The number of hydrogen-bond acceptors (Lipinski definition) is 3. The second-order valence-corrected chi connectivity index (χ2v) is 6.61. The molecule has 2 N–H and O–H groups in total. The first-order valence-electron chi connectivity index (χ1n) is 8.47. The molecule has 2 rings (SSSR count). The van der Waals surface area contributed by atoms with Gasteiger partial charge in [0.1, 0.15) is 5.75 Å². The van der Waals surface area contributed by atoms with E-state index in [9.17, 15) is 9.59 Å². The third kappa shape index (κ3) is 5.44. The van der Waals surface area contributed by atoms with Crippen molar-refractivity contribution in [1.29, 1.82) is 0 Å². The zero-order valence-electron chi connectivity index (χ0n) is 14.3. The van der Waals surface area contributed by atoms with E-state index in [0.29, 0.717) is 37.6 Å². The largest absolute Gasteiger partial charge is 0.494 e. The van der Waals surface area contributed by atoms with E-state index >= 15 is 0 Å². The summed E-state index contributed by atoms with van der Waals surface area (Å²) in [5.74, 6) is -0.0204. The predicted octanol–water partition coefficient (Wildman–Crippen LogP) is 3.44. The lowest BCUT2D eigenvalue weighted by molar-refractivity contribution is -0.143. The van der Waals surface area contributed by atoms with Crippen LogP contribution in [0.4, 0.5) is 10.5 Å². The summed E-state index contributed by atoms with van der Waals surface area (Å²) >= 11 is 0. The van der Waals surface area contributed by atoms with Crippen LogP contribution in [0.5, 0.6) is 5.75 Å². The summed E-state index contributed by atoms with van der Waals surface area (Å²) in [4.78, 5) is 25.0. The molecule has 1 unspecified atom stereocenters. The SMILES string of the molecule is CC(C)CCOc1cccc(NC(=O)N2CCCC(C(=O)O)C2)c1. The topological polar surface area (TPSA) is 78.9 Å². The minimum atomic E-state index is -0.840. The minimum absolute atomic E-state index is 0.256. The molecule has 0 saturated carbocycles. The number of aliphatic carboxylic acids is 1. The predicted molar refractivity (Wildman–Crippen MR) is 92.3 cm³/mol. The van der Waals surface area contributed by atoms with E-state index in [1.54, 1.807) is 17.0 Å². The highest BCUT2D eigenvalue weighted by molar-refractivity contribution is 5.90. The molecule has 0 radical (unpaired) electrons. The van der Waals surface area contributed by atoms with Gasteiger partial charge in [0.25, 0.3) is 0 Å². The molecule has 1 saturated heterocycles. The molecular formula is C18H26N2O4. The zero-order chi connectivity index (χ0) is 17.5. The molecule has 0 spiro atoms. The van der Waals surface area contributed by atoms with E-state index in [2.05, 4.69) is 19.2 Å². The Kier molecular flexibility index (Phi) is 6.46. The second kappa shape index (κ2) is 8.57. The van der Waals surface area contributed by atoms with Crippen molar-refractivity contribution in [1.82, 2.24) is 4.90 Å². The fourth-order valence-electron chi connectivity index (χ4n) is 2.64. The molecule has 2 amide bonds. The van der Waals surface area contributed by atoms with Gasteiger partial charge >= 0.3 is 12.0 Å². The first kappa shape index (κ1) is 18.1. The molecule has 1 fully saturated rings. The van der Waals surface area contributed by atoms with Crippen LogP contribution < -0.4 is 10.1 Å². The van der Waals surface area contributed by atoms with Crippen LogP contribution in [-0.2, 0) is 4.79 Å². The van der Waals surface area contributed by atoms with Crippen molar-refractivity contribution in [2.24, 2.45) is 11.8 Å². The molecule has 0 bridgehead atoms. The van der Waals surface area contributed by atoms with E-state index in [1.165, 1.54) is 0 Å². The van der Waals surface area contributed by atoms with Crippen molar-refractivity contribution >= 4 is 17.7 Å². The fraction of sp³-hybridized carbons (Fsp3) is 0.556. The standard InChI is InChI=1S/C18H26N2O4/c1-13(2)8-10-24-16-7-3-6-15(11-16)19-18(23)20-9-4-5-14(12-20)17(21)22/h3,6-7,11,13-14H,4-5,8-10,12H2,1-2H3,(H,19,23)(H,21,22). The summed E-state index contributed by atoms with van der Waals surface area (Å²) in [6, 6.07) is 7.01. The van der Waals surface area contributed by atoms with E-state index < -0.39 is 11.9 Å². The summed E-state index contributed by atoms with van der Waals surface area (Å²) in [5.41, 5.74) is 0.652. The summed E-state index contributed by atoms with van der Waals surface area (Å²) in [7, 11) is 0. The maximum atomic E-state index is 12.3. The molecule has 6 heteroatoms. The van der Waals surface area contributed by atoms with Gasteiger partial charge in [-0.05, 0) is 37.3 Å². The number of amides is 2. The van der Waals surface area contributed by atoms with Gasteiger partial charge < -0.3 is 20.1 Å². The highest BCUT2D eigenvalue weighted by atomic mass is 16.5. The Labute approximate surface area is 142 Å². The lowest BCUT2D eigenvalue weighted by atomic mass is 9.99. The Morgan fingerprint density at radius 3 is 2.92 bits per heavy atom. The molecule has 0 aromatic heterocycles. The number of urea groups is 1. The van der Waals surface area contributed by atoms with Gasteiger partial charge in [0.2, 0.25) is 0 Å². The smallest absolute Gasteiger partial charge is 0.321 e. The Balaban J connectivity index is 1.90. The number of likely N-dealkylation sites (tertiary alicyclic amines) is 1. The van der Waals surface area contributed by atoms with Crippen molar-refractivity contribution in [2.75, 3.05) is 25.0 Å². The molecule has 1 atom stereocenters. The Bertz CT molecular complexity index is 574. The molecule has 1 aromatic rings. The molecule has 6 nitrogen and oxygen atoms in total. The van der Waals surface area contributed by atoms with E-state index in [-0.39, 0.29) is 12.6 Å². The Morgan fingerprint density at radius 1 is 1.42 bits per heavy atom. The first-order chi connectivity index (χ1) is 11.5. The highest BCUT2D eigenvalue weighted by Gasteiger charge is 2.28. The van der Waals surface area contributed by atoms with Crippen molar-refractivity contribution in [3.8, 4) is 5.75 Å². The molecule has 1 aromatic carbocycles. The van der Waals surface area contributed by atoms with Crippen LogP contribution >= 0.6 is 0 Å². The van der Waals surface area contributed by atoms with Crippen LogP contribution in [0.1, 0.15) is 33.1 Å². The molecule has 0 aliphatic carbocycles. The number of ether oxygens (including phenoxy) is 1. The highest BCUT2D eigenvalue weighted by Crippen LogP contribution is 2.21. The molecule has 1 aliphatic heterocycles. The number of carbonyl (C=O) groups excluding carboxylic acids is 1. The van der Waals surface area contributed by atoms with Gasteiger partial charge in [0, 0.05) is 24.8 Å². The van der Waals surface area contributed by atoms with Crippen LogP contribution in [0, 0.1) is 11.8 Å². The quantitative estimate of drug-likeness (QED) is 0.835. The van der Waals surface area contributed by atoms with Crippen molar-refractivity contribution < 1.29 is 19.4 Å². The number of benzene rings is 1. The van der Waals surface area contributed by atoms with Crippen molar-refractivity contribution in [3.05, 3.63) is 24.3 Å². The second-order valence-electron chi connectivity index (χ2n) is 6.61. The number of carboxylic acids is 1. The van der Waals surface area contributed by atoms with Gasteiger partial charge in [-0.1, -0.05) is 19.9 Å². The maximum Gasteiger partial charge on any atom is 0.321 e. The lowest BCUT2D eigenvalue weighted by Crippen LogP contribution is -2.44. The molecule has 24 heavy (non-hydrogen) atoms. The normalized spacial score (nSPS) is 17.6. The summed E-state index contributed by atoms with van der Waals surface area (Å²) < 4.78 is 5.69. The van der Waals surface area contributed by atoms with E-state index in [4.69, 9.17) is 9.84 Å². The molecule has 132 valence electrons. The average Bonchev–Trinajstić information content (AvgIpc) is 2.55. The summed E-state index contributed by atoms with van der Waals surface area (Å²) in [6.07, 6.45) is 2.31. The zero-order valence-corrected chi connectivity index (χ0v) is 14.3. The number of piperidine rings is 1. The van der Waals surface area contributed by atoms with Crippen molar-refractivity contribution in [2.45, 2.75) is 33.1 Å². The summed E-state index contributed by atoms with van der Waals surface area (Å²) in [6.45, 7) is 5.76. The summed E-state index contributed by atoms with van der Waals surface area (Å²) in [5, 5.41) is 11.9. The maximum absolute atomic E-state index is 12.3. The van der Waals surface area contributed by atoms with Gasteiger partial charge in [-0.15, -0.1) is 0 Å². The number of nitrogens with one attached hydrogen (secondary N) is 1. The van der Waals surface area contributed by atoms with Gasteiger partial charge in [0.05, 0.1) is 12.5 Å². The first-order valence-corrected chi connectivity index (χ1v) is 8.47. The molecule has 1 aliphatic rings. The van der Waals surface area contributed by atoms with Gasteiger partial charge in [-0.25, -0.2) is 4.79 Å². The number of carboxylic acid groups (broad SMARTS) is 1. The van der Waals surface area contributed by atoms with Crippen LogP contribution in [0.2, 0.25) is 0 Å². The van der Waals surface area contributed by atoms with Gasteiger partial charge in [0.15, 0.2) is 0 Å². The lowest BCUT2D eigenvalue weighted by Gasteiger charge is -2.30. The number of carbonyl (C=O) groups is 2. The monoisotopic (exact) mass is 334 g/mol. The van der Waals surface area contributed by atoms with Crippen LogP contribution in [0.3, 0.4) is 0 Å². The Morgan fingerprint density at radius 2 is 2.21 bits per heavy atom. The van der Waals surface area contributed by atoms with Crippen LogP contribution in [0.25, 0.3) is 0 Å². The number of nitrogens with zero attached hydrogens (tertiary/aromatic N) is 1.